The number of benzene rings is 1. The molecule has 0 aliphatic carbocycles. The quantitative estimate of drug-likeness (QED) is 0.150. The standard InChI is InChI=1S/C21H29N6O13P3/c1-12(28)23-7-6-13-2-4-14(5-3-13)9-41(31,32)39-43(35,36)40-42(33,34)37-8-15-17(29)18(30)21(38-15)27-11-26-16-19(22)24-10-25-20(16)27/h2-5,10-11,15,17-18,21,29-30H,6-9H2,1H3,(H,23,28)(H,31,32)(H,33,34)(H,35,36)(H2,22,24,25)/p-3. The zero-order valence-corrected chi connectivity index (χ0v) is 24.9. The highest BCUT2D eigenvalue weighted by molar-refractivity contribution is 7.66. The van der Waals surface area contributed by atoms with E-state index in [0.29, 0.717) is 13.0 Å². The molecule has 0 spiro atoms. The second-order valence-electron chi connectivity index (χ2n) is 9.30. The molecule has 2 aromatic heterocycles. The van der Waals surface area contributed by atoms with E-state index in [2.05, 4.69) is 33.4 Å². The Labute approximate surface area is 243 Å². The summed E-state index contributed by atoms with van der Waals surface area (Å²) in [4.78, 5) is 59.3. The molecule has 7 unspecified atom stereocenters. The number of hydrogen-bond acceptors (Lipinski definition) is 17. The zero-order valence-electron chi connectivity index (χ0n) is 22.2. The maximum absolute atomic E-state index is 12.3. The minimum absolute atomic E-state index is 0.0288. The first kappa shape index (κ1) is 33.3. The predicted molar refractivity (Wildman–Crippen MR) is 139 cm³/mol. The number of carbonyl (C=O) groups is 1. The minimum Gasteiger partial charge on any atom is -0.778 e. The number of amides is 1. The molecule has 1 aliphatic heterocycles. The number of anilines is 1. The summed E-state index contributed by atoms with van der Waals surface area (Å²) < 4.78 is 55.7. The summed E-state index contributed by atoms with van der Waals surface area (Å²) in [6.45, 7) is 0.673. The first-order valence-corrected chi connectivity index (χ1v) is 17.0. The van der Waals surface area contributed by atoms with Crippen molar-refractivity contribution in [1.82, 2.24) is 24.8 Å². The fourth-order valence-electron chi connectivity index (χ4n) is 4.08. The number of nitrogens with two attached hydrogens (primary N) is 1. The van der Waals surface area contributed by atoms with Crippen LogP contribution in [0.25, 0.3) is 11.2 Å². The fraction of sp³-hybridized carbons (Fsp3) is 0.429. The van der Waals surface area contributed by atoms with Crippen LogP contribution in [0.15, 0.2) is 36.9 Å². The third kappa shape index (κ3) is 8.73. The number of nitrogen functional groups attached to an aromatic ring is 1. The van der Waals surface area contributed by atoms with Crippen molar-refractivity contribution in [1.29, 1.82) is 0 Å². The molecule has 1 fully saturated rings. The topological polar surface area (TPSA) is 296 Å². The molecule has 1 amide bonds. The van der Waals surface area contributed by atoms with Crippen molar-refractivity contribution in [2.75, 3.05) is 18.9 Å². The van der Waals surface area contributed by atoms with Crippen LogP contribution in [0, 0.1) is 0 Å². The monoisotopic (exact) mass is 663 g/mol. The van der Waals surface area contributed by atoms with E-state index in [0.717, 1.165) is 11.9 Å². The van der Waals surface area contributed by atoms with E-state index in [1.165, 1.54) is 30.0 Å². The summed E-state index contributed by atoms with van der Waals surface area (Å²) >= 11 is 0. The number of imidazole rings is 1. The van der Waals surface area contributed by atoms with E-state index in [4.69, 9.17) is 10.5 Å². The highest BCUT2D eigenvalue weighted by atomic mass is 31.3. The Hall–Kier alpha value is -2.63. The summed E-state index contributed by atoms with van der Waals surface area (Å²) in [5.41, 5.74) is 6.91. The van der Waals surface area contributed by atoms with E-state index in [1.807, 2.05) is 0 Å². The van der Waals surface area contributed by atoms with Crippen molar-refractivity contribution in [3.05, 3.63) is 48.0 Å². The normalized spacial score (nSPS) is 24.7. The number of nitrogens with zero attached hydrogens (tertiary/aromatic N) is 4. The predicted octanol–water partition coefficient (Wildman–Crippen LogP) is -1.55. The van der Waals surface area contributed by atoms with E-state index in [9.17, 15) is 43.4 Å². The average Bonchev–Trinajstić information content (AvgIpc) is 3.44. The van der Waals surface area contributed by atoms with Crippen molar-refractivity contribution < 1.29 is 61.3 Å². The molecule has 19 nitrogen and oxygen atoms in total. The Morgan fingerprint density at radius 3 is 2.40 bits per heavy atom. The van der Waals surface area contributed by atoms with Gasteiger partial charge in [0.1, 0.15) is 37.8 Å². The molecule has 22 heteroatoms. The van der Waals surface area contributed by atoms with Gasteiger partial charge in [0.15, 0.2) is 17.7 Å². The molecule has 4 rings (SSSR count). The Balaban J connectivity index is 1.32. The molecule has 43 heavy (non-hydrogen) atoms. The Kier molecular flexibility index (Phi) is 10.2. The highest BCUT2D eigenvalue weighted by Gasteiger charge is 2.45. The van der Waals surface area contributed by atoms with Crippen molar-refractivity contribution in [3.63, 3.8) is 0 Å². The molecule has 0 radical (unpaired) electrons. The van der Waals surface area contributed by atoms with Crippen molar-refractivity contribution in [3.8, 4) is 0 Å². The SMILES string of the molecule is CC(=O)NCCc1ccc(CP(=O)([O-])OP(=O)([O-])OP(=O)([O-])OCC2OC(n3cnc4c(N)ncnc43)C(O)C2O)cc1. The molecule has 3 heterocycles. The van der Waals surface area contributed by atoms with Crippen LogP contribution in [-0.2, 0) is 49.0 Å². The van der Waals surface area contributed by atoms with Crippen LogP contribution in [0.5, 0.6) is 0 Å². The van der Waals surface area contributed by atoms with Crippen LogP contribution < -0.4 is 25.7 Å². The van der Waals surface area contributed by atoms with Crippen molar-refractivity contribution in [2.45, 2.75) is 44.0 Å². The van der Waals surface area contributed by atoms with Gasteiger partial charge in [-0.1, -0.05) is 24.3 Å². The molecule has 3 aromatic rings. The van der Waals surface area contributed by atoms with Gasteiger partial charge in [-0.3, -0.25) is 22.8 Å². The minimum atomic E-state index is -6.04. The number of aliphatic hydroxyl groups is 2. The molecular weight excluding hydrogens is 637 g/mol. The van der Waals surface area contributed by atoms with Gasteiger partial charge >= 0.3 is 0 Å². The number of ether oxygens (including phenoxy) is 1. The van der Waals surface area contributed by atoms with Gasteiger partial charge in [0, 0.05) is 19.6 Å². The van der Waals surface area contributed by atoms with E-state index in [1.54, 1.807) is 12.1 Å². The van der Waals surface area contributed by atoms with Crippen LogP contribution >= 0.6 is 23.2 Å². The first-order valence-electron chi connectivity index (χ1n) is 12.3. The smallest absolute Gasteiger partial charge is 0.279 e. The number of phosphoric ester groups is 1. The molecule has 0 bridgehead atoms. The number of hydrogen-bond donors (Lipinski definition) is 4. The van der Waals surface area contributed by atoms with Gasteiger partial charge in [0.25, 0.3) is 15.6 Å². The molecule has 236 valence electrons. The fourth-order valence-corrected chi connectivity index (χ4v) is 8.07. The van der Waals surface area contributed by atoms with Gasteiger partial charge in [-0.25, -0.2) is 19.3 Å². The molecule has 5 N–H and O–H groups in total. The van der Waals surface area contributed by atoms with Gasteiger partial charge in [-0.05, 0) is 17.5 Å². The zero-order chi connectivity index (χ0) is 31.6. The second kappa shape index (κ2) is 13.2. The third-order valence-electron chi connectivity index (χ3n) is 6.01. The van der Waals surface area contributed by atoms with Crippen molar-refractivity contribution in [2.24, 2.45) is 0 Å². The lowest BCUT2D eigenvalue weighted by Gasteiger charge is -2.35. The summed E-state index contributed by atoms with van der Waals surface area (Å²) in [6, 6.07) is 5.89. The average molecular weight is 663 g/mol. The first-order chi connectivity index (χ1) is 20.1. The number of nitrogens with one attached hydrogen (secondary N) is 1. The lowest BCUT2D eigenvalue weighted by Crippen LogP contribution is -2.34. The summed E-state index contributed by atoms with van der Waals surface area (Å²) in [5.74, 6) is -0.182. The molecule has 1 aromatic carbocycles. The Morgan fingerprint density at radius 2 is 1.72 bits per heavy atom. The van der Waals surface area contributed by atoms with Crippen LogP contribution in [-0.4, -0.2) is 67.1 Å². The maximum Gasteiger partial charge on any atom is 0.279 e. The number of aliphatic hydroxyl groups excluding tert-OH is 2. The molecule has 7 atom stereocenters. The Morgan fingerprint density at radius 1 is 1.05 bits per heavy atom. The van der Waals surface area contributed by atoms with Gasteiger partial charge in [-0.15, -0.1) is 0 Å². The third-order valence-corrected chi connectivity index (χ3v) is 10.6. The molecule has 0 saturated carbocycles. The lowest BCUT2D eigenvalue weighted by atomic mass is 10.1. The lowest BCUT2D eigenvalue weighted by molar-refractivity contribution is -0.246. The largest absolute Gasteiger partial charge is 0.778 e. The van der Waals surface area contributed by atoms with Crippen LogP contribution in [0.1, 0.15) is 24.3 Å². The molecule has 1 saturated heterocycles. The van der Waals surface area contributed by atoms with Crippen molar-refractivity contribution >= 4 is 46.1 Å². The number of rotatable bonds is 13. The van der Waals surface area contributed by atoms with Crippen LogP contribution in [0.4, 0.5) is 5.82 Å². The number of fused-ring (bicyclic) bond motifs is 1. The summed E-state index contributed by atoms with van der Waals surface area (Å²) in [5, 5.41) is 23.4. The van der Waals surface area contributed by atoms with Gasteiger partial charge in [-0.2, -0.15) is 0 Å². The maximum atomic E-state index is 12.3. The molecule has 1 aliphatic rings. The van der Waals surface area contributed by atoms with E-state index in [-0.39, 0.29) is 28.5 Å². The second-order valence-corrected chi connectivity index (χ2v) is 14.2. The number of carbonyl (C=O) groups excluding carboxylic acids is 1. The summed E-state index contributed by atoms with van der Waals surface area (Å²) in [6.07, 6.45) is -4.37. The Bertz CT molecular complexity index is 1610. The highest BCUT2D eigenvalue weighted by Crippen LogP contribution is 2.63. The number of phosphoric acid groups is 2. The van der Waals surface area contributed by atoms with E-state index < -0.39 is 60.5 Å². The summed E-state index contributed by atoms with van der Waals surface area (Å²) in [7, 11) is -17.1. The van der Waals surface area contributed by atoms with E-state index >= 15 is 0 Å². The van der Waals surface area contributed by atoms with Gasteiger partial charge < -0.3 is 49.8 Å². The van der Waals surface area contributed by atoms with Gasteiger partial charge in [0.05, 0.1) is 12.9 Å². The van der Waals surface area contributed by atoms with Crippen LogP contribution in [0.2, 0.25) is 0 Å². The van der Waals surface area contributed by atoms with Crippen LogP contribution in [0.3, 0.4) is 0 Å². The van der Waals surface area contributed by atoms with Gasteiger partial charge in [0.2, 0.25) is 5.91 Å². The molecular formula is C21H26N6O13P3-3. The number of aromatic nitrogens is 4.